The highest BCUT2D eigenvalue weighted by Gasteiger charge is 2.15. The van der Waals surface area contributed by atoms with Gasteiger partial charge in [0.1, 0.15) is 5.75 Å². The third-order valence-corrected chi connectivity index (χ3v) is 5.58. The van der Waals surface area contributed by atoms with Crippen molar-refractivity contribution in [3.05, 3.63) is 90.3 Å². The number of phenols is 1. The molecule has 0 fully saturated rings. The lowest BCUT2D eigenvalue weighted by atomic mass is 9.99. The monoisotopic (exact) mass is 394 g/mol. The predicted octanol–water partition coefficient (Wildman–Crippen LogP) is 5.96. The van der Waals surface area contributed by atoms with E-state index in [1.165, 1.54) is 0 Å². The highest BCUT2D eigenvalue weighted by molar-refractivity contribution is 7.99. The van der Waals surface area contributed by atoms with Crippen LogP contribution in [0, 0.1) is 19.3 Å². The van der Waals surface area contributed by atoms with Gasteiger partial charge in [-0.05, 0) is 67.1 Å². The molecule has 4 aromatic rings. The molecule has 0 saturated heterocycles. The average Bonchev–Trinajstić information content (AvgIpc) is 2.77. The molecule has 3 nitrogen and oxygen atoms in total. The Balaban J connectivity index is 1.90. The molecule has 0 aliphatic heterocycles. The van der Waals surface area contributed by atoms with Gasteiger partial charge in [0.05, 0.1) is 11.4 Å². The van der Waals surface area contributed by atoms with Crippen LogP contribution in [0.15, 0.2) is 88.9 Å². The highest BCUT2D eigenvalue weighted by atomic mass is 32.2. The van der Waals surface area contributed by atoms with E-state index in [2.05, 4.69) is 22.0 Å². The fourth-order valence-electron chi connectivity index (χ4n) is 3.07. The lowest BCUT2D eigenvalue weighted by molar-refractivity contribution is 0.470. The van der Waals surface area contributed by atoms with E-state index in [0.29, 0.717) is 0 Å². The second kappa shape index (κ2) is 8.22. The van der Waals surface area contributed by atoms with E-state index in [1.54, 1.807) is 30.2 Å². The van der Waals surface area contributed by atoms with E-state index in [-0.39, 0.29) is 5.75 Å². The van der Waals surface area contributed by atoms with E-state index < -0.39 is 0 Å². The summed E-state index contributed by atoms with van der Waals surface area (Å²) in [6.45, 7) is 1.88. The number of phenolic OH excluding ortho intramolecular Hbond substituents is 1. The molecule has 0 saturated carbocycles. The van der Waals surface area contributed by atoms with E-state index in [1.807, 2.05) is 61.5 Å². The molecule has 4 rings (SSSR count). The zero-order chi connectivity index (χ0) is 20.2. The van der Waals surface area contributed by atoms with E-state index in [9.17, 15) is 5.11 Å². The molecule has 0 radical (unpaired) electrons. The molecule has 2 aromatic heterocycles. The number of hydrogen-bond donors (Lipinski definition) is 1. The van der Waals surface area contributed by atoms with Gasteiger partial charge in [0, 0.05) is 38.9 Å². The molecular formula is C25H18N2OS. The Labute approximate surface area is 174 Å². The Morgan fingerprint density at radius 1 is 0.897 bits per heavy atom. The van der Waals surface area contributed by atoms with Crippen molar-refractivity contribution in [2.45, 2.75) is 16.7 Å². The lowest BCUT2D eigenvalue weighted by Crippen LogP contribution is -1.94. The summed E-state index contributed by atoms with van der Waals surface area (Å²) in [5.74, 6) is 3.14. The summed E-state index contributed by atoms with van der Waals surface area (Å²) in [5.41, 5.74) is 5.18. The molecule has 4 heteroatoms. The second-order valence-corrected chi connectivity index (χ2v) is 7.64. The third kappa shape index (κ3) is 4.01. The first-order valence-corrected chi connectivity index (χ1v) is 9.92. The van der Waals surface area contributed by atoms with Gasteiger partial charge in [0.2, 0.25) is 0 Å². The van der Waals surface area contributed by atoms with Crippen LogP contribution in [-0.2, 0) is 0 Å². The van der Waals surface area contributed by atoms with Crippen LogP contribution in [0.2, 0.25) is 0 Å². The number of rotatable bonds is 4. The fraction of sp³-hybridized carbons (Fsp3) is 0.0400. The van der Waals surface area contributed by atoms with Gasteiger partial charge >= 0.3 is 0 Å². The third-order valence-electron chi connectivity index (χ3n) is 4.54. The summed E-state index contributed by atoms with van der Waals surface area (Å²) in [4.78, 5) is 11.0. The number of pyridine rings is 2. The summed E-state index contributed by atoms with van der Waals surface area (Å²) in [6.07, 6.45) is 9.48. The minimum atomic E-state index is 0.280. The van der Waals surface area contributed by atoms with E-state index in [0.717, 1.165) is 43.4 Å². The number of aryl methyl sites for hydroxylation is 1. The van der Waals surface area contributed by atoms with Crippen molar-refractivity contribution in [2.24, 2.45) is 0 Å². The molecule has 0 aliphatic rings. The number of aromatic nitrogens is 2. The smallest absolute Gasteiger partial charge is 0.118 e. The van der Waals surface area contributed by atoms with Crippen molar-refractivity contribution in [1.82, 2.24) is 9.97 Å². The van der Waals surface area contributed by atoms with Crippen molar-refractivity contribution in [1.29, 1.82) is 0 Å². The number of nitrogens with zero attached hydrogens (tertiary/aromatic N) is 2. The molecule has 0 bridgehead atoms. The normalized spacial score (nSPS) is 10.5. The van der Waals surface area contributed by atoms with Crippen molar-refractivity contribution in [3.8, 4) is 40.6 Å². The zero-order valence-corrected chi connectivity index (χ0v) is 16.6. The molecule has 0 amide bonds. The van der Waals surface area contributed by atoms with Crippen LogP contribution in [0.4, 0.5) is 0 Å². The quantitative estimate of drug-likeness (QED) is 0.434. The van der Waals surface area contributed by atoms with Crippen LogP contribution in [0.3, 0.4) is 0 Å². The standard InChI is InChI=1S/C25H18N2OS/c1-3-20-21(23-9-5-7-13-27-23)15-18(22-8-4-6-12-26-22)16-25(20)29-19-10-11-24(28)17(2)14-19/h1,4-16,28H,2H3. The van der Waals surface area contributed by atoms with Gasteiger partial charge in [0.15, 0.2) is 0 Å². The summed E-state index contributed by atoms with van der Waals surface area (Å²) in [6, 6.07) is 21.3. The molecule has 1 N–H and O–H groups in total. The van der Waals surface area contributed by atoms with Gasteiger partial charge in [-0.2, -0.15) is 0 Å². The van der Waals surface area contributed by atoms with Crippen molar-refractivity contribution < 1.29 is 5.11 Å². The molecule has 2 aromatic carbocycles. The molecule has 29 heavy (non-hydrogen) atoms. The molecule has 0 spiro atoms. The van der Waals surface area contributed by atoms with Crippen LogP contribution < -0.4 is 0 Å². The van der Waals surface area contributed by atoms with Gasteiger partial charge in [-0.1, -0.05) is 29.8 Å². The summed E-state index contributed by atoms with van der Waals surface area (Å²) < 4.78 is 0. The van der Waals surface area contributed by atoms with Crippen LogP contribution in [-0.4, -0.2) is 15.1 Å². The topological polar surface area (TPSA) is 46.0 Å². The molecule has 0 aliphatic carbocycles. The Hall–Kier alpha value is -3.55. The Morgan fingerprint density at radius 2 is 1.62 bits per heavy atom. The first-order valence-electron chi connectivity index (χ1n) is 9.10. The molecule has 140 valence electrons. The van der Waals surface area contributed by atoms with Gasteiger partial charge in [-0.15, -0.1) is 6.42 Å². The molecule has 0 unspecified atom stereocenters. The first kappa shape index (κ1) is 18.8. The summed E-state index contributed by atoms with van der Waals surface area (Å²) >= 11 is 1.57. The average molecular weight is 394 g/mol. The molecular weight excluding hydrogens is 376 g/mol. The number of terminal acetylenes is 1. The fourth-order valence-corrected chi connectivity index (χ4v) is 4.15. The SMILES string of the molecule is C#Cc1c(Sc2ccc(O)c(C)c2)cc(-c2ccccn2)cc1-c1ccccn1. The highest BCUT2D eigenvalue weighted by Crippen LogP contribution is 2.39. The van der Waals surface area contributed by atoms with Crippen LogP contribution in [0.25, 0.3) is 22.5 Å². The molecule has 0 atom stereocenters. The van der Waals surface area contributed by atoms with E-state index >= 15 is 0 Å². The van der Waals surface area contributed by atoms with Crippen molar-refractivity contribution >= 4 is 11.8 Å². The van der Waals surface area contributed by atoms with Crippen LogP contribution in [0.1, 0.15) is 11.1 Å². The maximum atomic E-state index is 9.84. The largest absolute Gasteiger partial charge is 0.508 e. The Bertz CT molecular complexity index is 1200. The van der Waals surface area contributed by atoms with Gasteiger partial charge in [0.25, 0.3) is 0 Å². The lowest BCUT2D eigenvalue weighted by Gasteiger charge is -2.14. The molecule has 2 heterocycles. The van der Waals surface area contributed by atoms with Crippen LogP contribution >= 0.6 is 11.8 Å². The van der Waals surface area contributed by atoms with Gasteiger partial charge in [-0.3, -0.25) is 9.97 Å². The van der Waals surface area contributed by atoms with Crippen LogP contribution in [0.5, 0.6) is 5.75 Å². The summed E-state index contributed by atoms with van der Waals surface area (Å²) in [5, 5.41) is 9.84. The van der Waals surface area contributed by atoms with E-state index in [4.69, 9.17) is 6.42 Å². The Morgan fingerprint density at radius 3 is 2.24 bits per heavy atom. The maximum absolute atomic E-state index is 9.84. The zero-order valence-electron chi connectivity index (χ0n) is 15.8. The predicted molar refractivity (Wildman–Crippen MR) is 118 cm³/mol. The maximum Gasteiger partial charge on any atom is 0.118 e. The minimum absolute atomic E-state index is 0.280. The van der Waals surface area contributed by atoms with Crippen molar-refractivity contribution in [2.75, 3.05) is 0 Å². The first-order chi connectivity index (χ1) is 14.2. The van der Waals surface area contributed by atoms with Gasteiger partial charge < -0.3 is 5.11 Å². The number of aromatic hydroxyl groups is 1. The Kier molecular flexibility index (Phi) is 5.33. The van der Waals surface area contributed by atoms with Crippen molar-refractivity contribution in [3.63, 3.8) is 0 Å². The number of benzene rings is 2. The number of hydrogen-bond acceptors (Lipinski definition) is 4. The minimum Gasteiger partial charge on any atom is -0.508 e. The summed E-state index contributed by atoms with van der Waals surface area (Å²) in [7, 11) is 0. The van der Waals surface area contributed by atoms with Gasteiger partial charge in [-0.25, -0.2) is 0 Å². The second-order valence-electron chi connectivity index (χ2n) is 6.52.